The minimum absolute atomic E-state index is 0.0336. The second-order valence-electron chi connectivity index (χ2n) is 6.89. The highest BCUT2D eigenvalue weighted by molar-refractivity contribution is 6.09. The first-order valence-electron chi connectivity index (χ1n) is 8.90. The molecule has 0 aliphatic carbocycles. The molecular weight excluding hydrogens is 322 g/mol. The molecule has 0 atom stereocenters. The maximum absolute atomic E-state index is 12.7. The minimum atomic E-state index is -0.0336. The van der Waals surface area contributed by atoms with Crippen LogP contribution in [0.1, 0.15) is 30.9 Å². The van der Waals surface area contributed by atoms with E-state index in [1.165, 1.54) is 0 Å². The average molecular weight is 343 g/mol. The fraction of sp³-hybridized carbons (Fsp3) is 0.174. The zero-order valence-electron chi connectivity index (χ0n) is 15.0. The fourth-order valence-corrected chi connectivity index (χ4v) is 3.49. The number of hydrogen-bond acceptors (Lipinski definition) is 2. The van der Waals surface area contributed by atoms with Crippen molar-refractivity contribution in [3.63, 3.8) is 0 Å². The van der Waals surface area contributed by atoms with Gasteiger partial charge in [0.15, 0.2) is 0 Å². The molecule has 3 heteroatoms. The molecule has 0 spiro atoms. The molecule has 0 aliphatic heterocycles. The Bertz CT molecular complexity index is 1090. The number of carbonyl (C=O) groups is 1. The molecule has 3 aromatic carbocycles. The lowest BCUT2D eigenvalue weighted by atomic mass is 10.0. The Morgan fingerprint density at radius 3 is 2.62 bits per heavy atom. The number of para-hydroxylation sites is 1. The fourth-order valence-electron chi connectivity index (χ4n) is 3.49. The minimum Gasteiger partial charge on any atom is -0.464 e. The van der Waals surface area contributed by atoms with Gasteiger partial charge in [-0.25, -0.2) is 0 Å². The predicted octanol–water partition coefficient (Wildman–Crippen LogP) is 5.89. The summed E-state index contributed by atoms with van der Waals surface area (Å²) < 4.78 is 5.69. The highest BCUT2D eigenvalue weighted by Gasteiger charge is 2.14. The topological polar surface area (TPSA) is 42.2 Å². The number of amides is 1. The van der Waals surface area contributed by atoms with Gasteiger partial charge in [-0.05, 0) is 34.4 Å². The van der Waals surface area contributed by atoms with E-state index in [1.807, 2.05) is 42.5 Å². The molecule has 130 valence electrons. The third-order valence-corrected chi connectivity index (χ3v) is 4.75. The number of benzene rings is 3. The van der Waals surface area contributed by atoms with Gasteiger partial charge in [0.05, 0.1) is 12.7 Å². The van der Waals surface area contributed by atoms with Gasteiger partial charge in [-0.2, -0.15) is 0 Å². The maximum atomic E-state index is 12.7. The van der Waals surface area contributed by atoms with Gasteiger partial charge in [0.1, 0.15) is 5.58 Å². The SMILES string of the molecule is CC(C)c1ccccc1NC(=O)Cc1coc2ccc3ccccc3c12. The Morgan fingerprint density at radius 2 is 1.77 bits per heavy atom. The standard InChI is InChI=1S/C23H21NO2/c1-15(2)18-8-5-6-10-20(18)24-22(25)13-17-14-26-21-12-11-16-7-3-4-9-19(16)23(17)21/h3-12,14-15H,13H2,1-2H3,(H,24,25). The summed E-state index contributed by atoms with van der Waals surface area (Å²) in [5.74, 6) is 0.318. The molecule has 3 nitrogen and oxygen atoms in total. The van der Waals surface area contributed by atoms with Crippen molar-refractivity contribution in [1.29, 1.82) is 0 Å². The predicted molar refractivity (Wildman–Crippen MR) is 107 cm³/mol. The van der Waals surface area contributed by atoms with Crippen LogP contribution in [0.3, 0.4) is 0 Å². The lowest BCUT2D eigenvalue weighted by Crippen LogP contribution is -2.15. The summed E-state index contributed by atoms with van der Waals surface area (Å²) >= 11 is 0. The van der Waals surface area contributed by atoms with Crippen molar-refractivity contribution in [1.82, 2.24) is 0 Å². The molecule has 0 aliphatic rings. The summed E-state index contributed by atoms with van der Waals surface area (Å²) in [5, 5.41) is 6.35. The molecule has 1 aromatic heterocycles. The van der Waals surface area contributed by atoms with E-state index < -0.39 is 0 Å². The molecule has 1 amide bonds. The second-order valence-corrected chi connectivity index (χ2v) is 6.89. The van der Waals surface area contributed by atoms with Crippen LogP contribution in [0.25, 0.3) is 21.7 Å². The van der Waals surface area contributed by atoms with Crippen LogP contribution in [0.2, 0.25) is 0 Å². The zero-order valence-corrected chi connectivity index (χ0v) is 15.0. The smallest absolute Gasteiger partial charge is 0.228 e. The van der Waals surface area contributed by atoms with E-state index in [-0.39, 0.29) is 12.3 Å². The van der Waals surface area contributed by atoms with E-state index in [0.29, 0.717) is 5.92 Å². The van der Waals surface area contributed by atoms with Crippen molar-refractivity contribution < 1.29 is 9.21 Å². The molecule has 0 unspecified atom stereocenters. The summed E-state index contributed by atoms with van der Waals surface area (Å²) in [6.07, 6.45) is 1.98. The van der Waals surface area contributed by atoms with Crippen LogP contribution >= 0.6 is 0 Å². The largest absolute Gasteiger partial charge is 0.464 e. The van der Waals surface area contributed by atoms with Crippen LogP contribution in [0.4, 0.5) is 5.69 Å². The van der Waals surface area contributed by atoms with Crippen molar-refractivity contribution in [3.05, 3.63) is 78.1 Å². The molecule has 4 aromatic rings. The van der Waals surface area contributed by atoms with Crippen molar-refractivity contribution in [2.24, 2.45) is 0 Å². The Hall–Kier alpha value is -3.07. The number of rotatable bonds is 4. The van der Waals surface area contributed by atoms with Crippen LogP contribution in [0.5, 0.6) is 0 Å². The molecular formula is C23H21NO2. The monoisotopic (exact) mass is 343 g/mol. The van der Waals surface area contributed by atoms with E-state index in [4.69, 9.17) is 4.42 Å². The Labute approximate surface area is 152 Å². The molecule has 0 saturated heterocycles. The molecule has 1 heterocycles. The average Bonchev–Trinajstić information content (AvgIpc) is 3.05. The Kier molecular flexibility index (Phi) is 4.21. The van der Waals surface area contributed by atoms with Crippen molar-refractivity contribution in [2.45, 2.75) is 26.2 Å². The molecule has 1 N–H and O–H groups in total. The third kappa shape index (κ3) is 2.97. The van der Waals surface area contributed by atoms with E-state index in [0.717, 1.165) is 38.6 Å². The van der Waals surface area contributed by atoms with Gasteiger partial charge in [-0.15, -0.1) is 0 Å². The van der Waals surface area contributed by atoms with Crippen molar-refractivity contribution in [2.75, 3.05) is 5.32 Å². The summed E-state index contributed by atoms with van der Waals surface area (Å²) in [4.78, 5) is 12.7. The molecule has 0 fully saturated rings. The molecule has 26 heavy (non-hydrogen) atoms. The van der Waals surface area contributed by atoms with E-state index in [9.17, 15) is 4.79 Å². The zero-order chi connectivity index (χ0) is 18.1. The summed E-state index contributed by atoms with van der Waals surface area (Å²) in [5.41, 5.74) is 3.75. The number of furan rings is 1. The quantitative estimate of drug-likeness (QED) is 0.502. The lowest BCUT2D eigenvalue weighted by molar-refractivity contribution is -0.115. The molecule has 0 bridgehead atoms. The van der Waals surface area contributed by atoms with Gasteiger partial charge in [0, 0.05) is 16.6 Å². The van der Waals surface area contributed by atoms with Crippen LogP contribution in [0, 0.1) is 0 Å². The summed E-state index contributed by atoms with van der Waals surface area (Å²) in [6, 6.07) is 20.1. The van der Waals surface area contributed by atoms with E-state index in [2.05, 4.69) is 37.4 Å². The van der Waals surface area contributed by atoms with Gasteiger partial charge in [0.25, 0.3) is 0 Å². The van der Waals surface area contributed by atoms with Crippen LogP contribution in [-0.2, 0) is 11.2 Å². The van der Waals surface area contributed by atoms with E-state index >= 15 is 0 Å². The number of carbonyl (C=O) groups excluding carboxylic acids is 1. The van der Waals surface area contributed by atoms with Crippen LogP contribution < -0.4 is 5.32 Å². The first kappa shape index (κ1) is 16.4. The van der Waals surface area contributed by atoms with Crippen molar-refractivity contribution in [3.8, 4) is 0 Å². The first-order valence-corrected chi connectivity index (χ1v) is 8.90. The number of nitrogens with one attached hydrogen (secondary N) is 1. The van der Waals surface area contributed by atoms with Gasteiger partial charge in [-0.3, -0.25) is 4.79 Å². The molecule has 0 saturated carbocycles. The highest BCUT2D eigenvalue weighted by atomic mass is 16.3. The number of anilines is 1. The van der Waals surface area contributed by atoms with Gasteiger partial charge in [0.2, 0.25) is 5.91 Å². The van der Waals surface area contributed by atoms with Crippen LogP contribution in [-0.4, -0.2) is 5.91 Å². The highest BCUT2D eigenvalue weighted by Crippen LogP contribution is 2.30. The second kappa shape index (κ2) is 6.68. The van der Waals surface area contributed by atoms with Crippen LogP contribution in [0.15, 0.2) is 71.3 Å². The third-order valence-electron chi connectivity index (χ3n) is 4.75. The van der Waals surface area contributed by atoms with Gasteiger partial charge < -0.3 is 9.73 Å². The Morgan fingerprint density at radius 1 is 1.00 bits per heavy atom. The van der Waals surface area contributed by atoms with Gasteiger partial charge >= 0.3 is 0 Å². The summed E-state index contributed by atoms with van der Waals surface area (Å²) in [7, 11) is 0. The lowest BCUT2D eigenvalue weighted by Gasteiger charge is -2.13. The van der Waals surface area contributed by atoms with Gasteiger partial charge in [-0.1, -0.05) is 62.4 Å². The normalized spacial score (nSPS) is 11.3. The number of fused-ring (bicyclic) bond motifs is 3. The summed E-state index contributed by atoms with van der Waals surface area (Å²) in [6.45, 7) is 4.25. The first-order chi connectivity index (χ1) is 12.6. The number of hydrogen-bond donors (Lipinski definition) is 1. The molecule has 0 radical (unpaired) electrons. The van der Waals surface area contributed by atoms with Crippen molar-refractivity contribution >= 4 is 33.3 Å². The van der Waals surface area contributed by atoms with E-state index in [1.54, 1.807) is 6.26 Å². The maximum Gasteiger partial charge on any atom is 0.228 e. The Balaban J connectivity index is 1.66. The molecule has 4 rings (SSSR count).